The number of hydrogen-bond acceptors (Lipinski definition) is 5. The topological polar surface area (TPSA) is 71.6 Å². The second-order valence-electron chi connectivity index (χ2n) is 5.68. The first-order valence-electron chi connectivity index (χ1n) is 7.82. The largest absolute Gasteiger partial charge is 0.459 e. The molecule has 1 aliphatic rings. The van der Waals surface area contributed by atoms with Crippen molar-refractivity contribution in [3.05, 3.63) is 36.5 Å². The average molecular weight is 348 g/mol. The van der Waals surface area contributed by atoms with E-state index >= 15 is 0 Å². The van der Waals surface area contributed by atoms with Crippen LogP contribution in [0.2, 0.25) is 0 Å². The molecule has 1 fully saturated rings. The molecule has 2 aromatic rings. The standard InChI is InChI=1S/C16H20N4O3S/c1-12(24-16-17-5-6-18(16)2)14(21)19-7-9-20(10-8-19)15(22)13-4-3-11-23-13/h3-6,11-12H,7-10H2,1-2H3. The minimum absolute atomic E-state index is 0.0769. The molecule has 7 nitrogen and oxygen atoms in total. The van der Waals surface area contributed by atoms with Crippen LogP contribution in [-0.4, -0.2) is 62.6 Å². The molecule has 3 rings (SSSR count). The van der Waals surface area contributed by atoms with Gasteiger partial charge in [-0.3, -0.25) is 9.59 Å². The summed E-state index contributed by atoms with van der Waals surface area (Å²) in [6.07, 6.45) is 5.07. The quantitative estimate of drug-likeness (QED) is 0.783. The molecule has 8 heteroatoms. The van der Waals surface area contributed by atoms with Crippen LogP contribution in [0.25, 0.3) is 0 Å². The molecule has 24 heavy (non-hydrogen) atoms. The fourth-order valence-electron chi connectivity index (χ4n) is 2.62. The minimum atomic E-state index is -0.210. The summed E-state index contributed by atoms with van der Waals surface area (Å²) in [6, 6.07) is 3.36. The maximum atomic E-state index is 12.6. The van der Waals surface area contributed by atoms with Gasteiger partial charge in [0.25, 0.3) is 5.91 Å². The molecule has 1 aliphatic heterocycles. The Balaban J connectivity index is 1.53. The number of aromatic nitrogens is 2. The number of furan rings is 1. The van der Waals surface area contributed by atoms with Gasteiger partial charge in [-0.05, 0) is 19.1 Å². The van der Waals surface area contributed by atoms with E-state index in [-0.39, 0.29) is 17.1 Å². The van der Waals surface area contributed by atoms with Crippen LogP contribution in [0.3, 0.4) is 0 Å². The van der Waals surface area contributed by atoms with Crippen LogP contribution in [0.15, 0.2) is 40.4 Å². The van der Waals surface area contributed by atoms with Crippen LogP contribution in [0.4, 0.5) is 0 Å². The summed E-state index contributed by atoms with van der Waals surface area (Å²) in [5.41, 5.74) is 0. The highest BCUT2D eigenvalue weighted by Gasteiger charge is 2.29. The second kappa shape index (κ2) is 7.12. The lowest BCUT2D eigenvalue weighted by Crippen LogP contribution is -2.52. The number of rotatable bonds is 4. The van der Waals surface area contributed by atoms with Crippen LogP contribution < -0.4 is 0 Å². The highest BCUT2D eigenvalue weighted by molar-refractivity contribution is 8.00. The average Bonchev–Trinajstić information content (AvgIpc) is 3.26. The van der Waals surface area contributed by atoms with E-state index in [1.807, 2.05) is 29.6 Å². The Hall–Kier alpha value is -2.22. The first-order chi connectivity index (χ1) is 11.6. The molecule has 0 aromatic carbocycles. The SMILES string of the molecule is CC(Sc1nccn1C)C(=O)N1CCN(C(=O)c2ccco2)CC1. The van der Waals surface area contributed by atoms with Gasteiger partial charge in [0.2, 0.25) is 5.91 Å². The molecule has 1 atom stereocenters. The van der Waals surface area contributed by atoms with E-state index in [2.05, 4.69) is 4.98 Å². The van der Waals surface area contributed by atoms with Crippen molar-refractivity contribution in [2.45, 2.75) is 17.3 Å². The molecule has 0 radical (unpaired) electrons. The maximum absolute atomic E-state index is 12.6. The number of amides is 2. The van der Waals surface area contributed by atoms with Gasteiger partial charge in [0.15, 0.2) is 10.9 Å². The second-order valence-corrected chi connectivity index (χ2v) is 6.98. The molecule has 2 aromatic heterocycles. The van der Waals surface area contributed by atoms with E-state index < -0.39 is 0 Å². The van der Waals surface area contributed by atoms with E-state index in [0.717, 1.165) is 5.16 Å². The number of hydrogen-bond donors (Lipinski definition) is 0. The summed E-state index contributed by atoms with van der Waals surface area (Å²) in [5.74, 6) is 0.295. The Kier molecular flexibility index (Phi) is 4.94. The third kappa shape index (κ3) is 3.48. The molecule has 0 spiro atoms. The van der Waals surface area contributed by atoms with Crippen molar-refractivity contribution in [2.75, 3.05) is 26.2 Å². The van der Waals surface area contributed by atoms with E-state index in [4.69, 9.17) is 4.42 Å². The molecule has 0 bridgehead atoms. The smallest absolute Gasteiger partial charge is 0.289 e. The van der Waals surface area contributed by atoms with E-state index in [0.29, 0.717) is 31.9 Å². The third-order valence-corrected chi connectivity index (χ3v) is 5.18. The molecule has 1 unspecified atom stereocenters. The van der Waals surface area contributed by atoms with E-state index in [9.17, 15) is 9.59 Å². The normalized spacial score (nSPS) is 16.2. The molecule has 1 saturated heterocycles. The van der Waals surface area contributed by atoms with Gasteiger partial charge in [-0.2, -0.15) is 0 Å². The van der Waals surface area contributed by atoms with Crippen molar-refractivity contribution >= 4 is 23.6 Å². The van der Waals surface area contributed by atoms with Gasteiger partial charge in [-0.25, -0.2) is 4.98 Å². The molecule has 3 heterocycles. The Morgan fingerprint density at radius 3 is 2.54 bits per heavy atom. The van der Waals surface area contributed by atoms with Gasteiger partial charge < -0.3 is 18.8 Å². The van der Waals surface area contributed by atoms with Gasteiger partial charge >= 0.3 is 0 Å². The summed E-state index contributed by atoms with van der Waals surface area (Å²) in [7, 11) is 1.91. The van der Waals surface area contributed by atoms with Gasteiger partial charge in [-0.1, -0.05) is 11.8 Å². The molecule has 0 aliphatic carbocycles. The van der Waals surface area contributed by atoms with Crippen LogP contribution in [0, 0.1) is 0 Å². The number of imidazole rings is 1. The van der Waals surface area contributed by atoms with Crippen molar-refractivity contribution in [1.29, 1.82) is 0 Å². The van der Waals surface area contributed by atoms with E-state index in [1.54, 1.807) is 23.2 Å². The van der Waals surface area contributed by atoms with Gasteiger partial charge in [-0.15, -0.1) is 0 Å². The lowest BCUT2D eigenvalue weighted by atomic mass is 10.2. The lowest BCUT2D eigenvalue weighted by molar-refractivity contribution is -0.131. The molecule has 2 amide bonds. The predicted octanol–water partition coefficient (Wildman–Crippen LogP) is 1.48. The predicted molar refractivity (Wildman–Crippen MR) is 89.7 cm³/mol. The number of carbonyl (C=O) groups excluding carboxylic acids is 2. The zero-order valence-corrected chi connectivity index (χ0v) is 14.5. The number of thioether (sulfide) groups is 1. The first-order valence-corrected chi connectivity index (χ1v) is 8.70. The monoisotopic (exact) mass is 348 g/mol. The Bertz CT molecular complexity index is 705. The van der Waals surface area contributed by atoms with Gasteiger partial charge in [0, 0.05) is 45.6 Å². The lowest BCUT2D eigenvalue weighted by Gasteiger charge is -2.35. The summed E-state index contributed by atoms with van der Waals surface area (Å²) in [4.78, 5) is 32.6. The van der Waals surface area contributed by atoms with Gasteiger partial charge in [0.05, 0.1) is 11.5 Å². The van der Waals surface area contributed by atoms with E-state index in [1.165, 1.54) is 18.0 Å². The summed E-state index contributed by atoms with van der Waals surface area (Å²) in [5, 5.41) is 0.612. The summed E-state index contributed by atoms with van der Waals surface area (Å²) < 4.78 is 7.04. The first kappa shape index (κ1) is 16.6. The number of nitrogens with zero attached hydrogens (tertiary/aromatic N) is 4. The van der Waals surface area contributed by atoms with Crippen molar-refractivity contribution in [3.8, 4) is 0 Å². The van der Waals surface area contributed by atoms with Crippen molar-refractivity contribution in [2.24, 2.45) is 7.05 Å². The number of aryl methyl sites for hydroxylation is 1. The number of carbonyl (C=O) groups is 2. The van der Waals surface area contributed by atoms with Gasteiger partial charge in [0.1, 0.15) is 0 Å². The highest BCUT2D eigenvalue weighted by atomic mass is 32.2. The zero-order chi connectivity index (χ0) is 17.1. The fourth-order valence-corrected chi connectivity index (χ4v) is 3.53. The Morgan fingerprint density at radius 1 is 1.25 bits per heavy atom. The van der Waals surface area contributed by atoms with Crippen molar-refractivity contribution in [3.63, 3.8) is 0 Å². The molecular weight excluding hydrogens is 328 g/mol. The van der Waals surface area contributed by atoms with Crippen LogP contribution in [0.5, 0.6) is 0 Å². The zero-order valence-electron chi connectivity index (χ0n) is 13.7. The fraction of sp³-hybridized carbons (Fsp3) is 0.438. The molecule has 128 valence electrons. The Morgan fingerprint density at radius 2 is 1.96 bits per heavy atom. The molecular formula is C16H20N4O3S. The summed E-state index contributed by atoms with van der Waals surface area (Å²) >= 11 is 1.45. The number of piperazine rings is 1. The third-order valence-electron chi connectivity index (χ3n) is 4.02. The highest BCUT2D eigenvalue weighted by Crippen LogP contribution is 2.23. The minimum Gasteiger partial charge on any atom is -0.459 e. The van der Waals surface area contributed by atoms with Crippen molar-refractivity contribution < 1.29 is 14.0 Å². The van der Waals surface area contributed by atoms with Crippen LogP contribution in [-0.2, 0) is 11.8 Å². The van der Waals surface area contributed by atoms with Crippen molar-refractivity contribution in [1.82, 2.24) is 19.4 Å². The maximum Gasteiger partial charge on any atom is 0.289 e. The molecule has 0 saturated carbocycles. The Labute approximate surface area is 144 Å². The van der Waals surface area contributed by atoms with Crippen LogP contribution in [0.1, 0.15) is 17.5 Å². The molecule has 0 N–H and O–H groups in total. The van der Waals surface area contributed by atoms with Crippen LogP contribution >= 0.6 is 11.8 Å². The summed E-state index contributed by atoms with van der Waals surface area (Å²) in [6.45, 7) is 4.01.